The average molecular weight is 239 g/mol. The Kier molecular flexibility index (Phi) is 6.08. The maximum absolute atomic E-state index is 8.60. The summed E-state index contributed by atoms with van der Waals surface area (Å²) in [7, 11) is 0. The molecular formula is C15H17N3. The fourth-order valence-electron chi connectivity index (χ4n) is 1.55. The Morgan fingerprint density at radius 2 is 1.89 bits per heavy atom. The van der Waals surface area contributed by atoms with Gasteiger partial charge in [0.1, 0.15) is 17.7 Å². The zero-order chi connectivity index (χ0) is 13.2. The van der Waals surface area contributed by atoms with E-state index < -0.39 is 0 Å². The second-order valence-corrected chi connectivity index (χ2v) is 4.05. The Bertz CT molecular complexity index is 435. The first-order valence-corrected chi connectivity index (χ1v) is 6.14. The van der Waals surface area contributed by atoms with Crippen molar-refractivity contribution in [3.63, 3.8) is 0 Å². The summed E-state index contributed by atoms with van der Waals surface area (Å²) in [6.07, 6.45) is 15.0. The Balaban J connectivity index is 2.52. The summed E-state index contributed by atoms with van der Waals surface area (Å²) < 4.78 is 0. The molecule has 0 aromatic heterocycles. The van der Waals surface area contributed by atoms with Gasteiger partial charge in [0, 0.05) is 18.9 Å². The molecule has 1 aliphatic heterocycles. The molecule has 0 saturated heterocycles. The van der Waals surface area contributed by atoms with Gasteiger partial charge in [-0.3, -0.25) is 0 Å². The molecule has 0 atom stereocenters. The van der Waals surface area contributed by atoms with E-state index in [1.165, 1.54) is 25.3 Å². The molecule has 3 nitrogen and oxygen atoms in total. The highest BCUT2D eigenvalue weighted by molar-refractivity contribution is 5.43. The second-order valence-electron chi connectivity index (χ2n) is 4.05. The van der Waals surface area contributed by atoms with Crippen molar-refractivity contribution in [2.75, 3.05) is 6.54 Å². The second kappa shape index (κ2) is 7.92. The molecule has 3 heteroatoms. The minimum Gasteiger partial charge on any atom is -0.354 e. The van der Waals surface area contributed by atoms with Gasteiger partial charge in [-0.25, -0.2) is 0 Å². The topological polar surface area (TPSA) is 50.8 Å². The van der Waals surface area contributed by atoms with Crippen molar-refractivity contribution in [1.82, 2.24) is 4.90 Å². The Hall–Kier alpha value is -2.26. The number of nitrogens with zero attached hydrogens (tertiary/aromatic N) is 3. The molecule has 0 amide bonds. The smallest absolute Gasteiger partial charge is 0.129 e. The maximum atomic E-state index is 8.60. The van der Waals surface area contributed by atoms with E-state index in [4.69, 9.17) is 10.5 Å². The SMILES string of the molecule is CCCCCN1C=CC(=CC=C(C#N)C#N)C=C1. The predicted octanol–water partition coefficient (Wildman–Crippen LogP) is 3.42. The van der Waals surface area contributed by atoms with Crippen molar-refractivity contribution in [2.24, 2.45) is 0 Å². The number of allylic oxidation sites excluding steroid dienone is 6. The van der Waals surface area contributed by atoms with E-state index in [1.807, 2.05) is 36.7 Å². The Morgan fingerprint density at radius 3 is 2.44 bits per heavy atom. The molecule has 0 radical (unpaired) electrons. The summed E-state index contributed by atoms with van der Waals surface area (Å²) in [5.41, 5.74) is 1.11. The molecule has 0 saturated carbocycles. The lowest BCUT2D eigenvalue weighted by Gasteiger charge is -2.18. The molecule has 18 heavy (non-hydrogen) atoms. The molecule has 0 N–H and O–H groups in total. The summed E-state index contributed by atoms with van der Waals surface area (Å²) in [4.78, 5) is 2.15. The lowest BCUT2D eigenvalue weighted by molar-refractivity contribution is 0.473. The zero-order valence-corrected chi connectivity index (χ0v) is 10.6. The van der Waals surface area contributed by atoms with E-state index in [0.717, 1.165) is 12.1 Å². The summed E-state index contributed by atoms with van der Waals surface area (Å²) >= 11 is 0. The first kappa shape index (κ1) is 13.8. The quantitative estimate of drug-likeness (QED) is 0.545. The van der Waals surface area contributed by atoms with E-state index >= 15 is 0 Å². The van der Waals surface area contributed by atoms with E-state index in [9.17, 15) is 0 Å². The van der Waals surface area contributed by atoms with Crippen LogP contribution in [-0.2, 0) is 0 Å². The number of unbranched alkanes of at least 4 members (excludes halogenated alkanes) is 2. The van der Waals surface area contributed by atoms with E-state index in [2.05, 4.69) is 11.8 Å². The zero-order valence-electron chi connectivity index (χ0n) is 10.6. The van der Waals surface area contributed by atoms with Crippen LogP contribution in [0.1, 0.15) is 26.2 Å². The van der Waals surface area contributed by atoms with Crippen molar-refractivity contribution < 1.29 is 0 Å². The van der Waals surface area contributed by atoms with Crippen LogP contribution in [0, 0.1) is 22.7 Å². The lowest BCUT2D eigenvalue weighted by atomic mass is 10.1. The van der Waals surface area contributed by atoms with Crippen LogP contribution in [0.5, 0.6) is 0 Å². The summed E-state index contributed by atoms with van der Waals surface area (Å²) in [6, 6.07) is 3.66. The van der Waals surface area contributed by atoms with Gasteiger partial charge in [0.2, 0.25) is 0 Å². The Labute approximate surface area is 109 Å². The molecule has 0 spiro atoms. The fourth-order valence-corrected chi connectivity index (χ4v) is 1.55. The summed E-state index contributed by atoms with van der Waals surface area (Å²) in [5.74, 6) is 0. The monoisotopic (exact) mass is 239 g/mol. The largest absolute Gasteiger partial charge is 0.354 e. The molecule has 0 aromatic rings. The van der Waals surface area contributed by atoms with Crippen molar-refractivity contribution in [3.8, 4) is 12.1 Å². The fraction of sp³-hybridized carbons (Fsp3) is 0.333. The molecule has 1 rings (SSSR count). The van der Waals surface area contributed by atoms with Crippen LogP contribution in [0.25, 0.3) is 0 Å². The third kappa shape index (κ3) is 4.72. The molecule has 0 aliphatic carbocycles. The van der Waals surface area contributed by atoms with Gasteiger partial charge in [-0.15, -0.1) is 0 Å². The third-order valence-electron chi connectivity index (χ3n) is 2.62. The van der Waals surface area contributed by atoms with E-state index in [0.29, 0.717) is 0 Å². The van der Waals surface area contributed by atoms with Gasteiger partial charge >= 0.3 is 0 Å². The van der Waals surface area contributed by atoms with Gasteiger partial charge in [-0.1, -0.05) is 25.8 Å². The van der Waals surface area contributed by atoms with Crippen molar-refractivity contribution in [1.29, 1.82) is 10.5 Å². The molecule has 1 aliphatic rings. The Morgan fingerprint density at radius 1 is 1.22 bits per heavy atom. The average Bonchev–Trinajstić information content (AvgIpc) is 2.42. The predicted molar refractivity (Wildman–Crippen MR) is 71.9 cm³/mol. The molecule has 0 aromatic carbocycles. The first-order valence-electron chi connectivity index (χ1n) is 6.14. The van der Waals surface area contributed by atoms with Gasteiger partial charge in [-0.2, -0.15) is 10.5 Å². The molecule has 92 valence electrons. The number of rotatable bonds is 5. The molecule has 1 heterocycles. The van der Waals surface area contributed by atoms with Crippen molar-refractivity contribution >= 4 is 0 Å². The van der Waals surface area contributed by atoms with Crippen LogP contribution in [0.2, 0.25) is 0 Å². The summed E-state index contributed by atoms with van der Waals surface area (Å²) in [6.45, 7) is 3.22. The highest BCUT2D eigenvalue weighted by Gasteiger charge is 1.99. The van der Waals surface area contributed by atoms with Gasteiger partial charge < -0.3 is 4.90 Å². The highest BCUT2D eigenvalue weighted by Crippen LogP contribution is 2.11. The van der Waals surface area contributed by atoms with Gasteiger partial charge in [0.15, 0.2) is 0 Å². The summed E-state index contributed by atoms with van der Waals surface area (Å²) in [5, 5.41) is 17.2. The molecular weight excluding hydrogens is 222 g/mol. The van der Waals surface area contributed by atoms with Gasteiger partial charge in [0.05, 0.1) is 0 Å². The van der Waals surface area contributed by atoms with Crippen LogP contribution in [0.4, 0.5) is 0 Å². The van der Waals surface area contributed by atoms with Crippen LogP contribution in [0.15, 0.2) is 47.9 Å². The first-order chi connectivity index (χ1) is 8.80. The third-order valence-corrected chi connectivity index (χ3v) is 2.62. The van der Waals surface area contributed by atoms with Crippen LogP contribution in [-0.4, -0.2) is 11.4 Å². The van der Waals surface area contributed by atoms with E-state index in [-0.39, 0.29) is 5.57 Å². The molecule has 0 unspecified atom stereocenters. The molecule has 0 fully saturated rings. The highest BCUT2D eigenvalue weighted by atomic mass is 15.1. The van der Waals surface area contributed by atoms with Crippen LogP contribution >= 0.6 is 0 Å². The molecule has 0 bridgehead atoms. The van der Waals surface area contributed by atoms with Crippen LogP contribution in [0.3, 0.4) is 0 Å². The van der Waals surface area contributed by atoms with E-state index in [1.54, 1.807) is 6.08 Å². The van der Waals surface area contributed by atoms with Crippen LogP contribution < -0.4 is 0 Å². The normalized spacial score (nSPS) is 12.8. The minimum absolute atomic E-state index is 0.120. The lowest BCUT2D eigenvalue weighted by Crippen LogP contribution is -2.13. The van der Waals surface area contributed by atoms with Crippen molar-refractivity contribution in [2.45, 2.75) is 26.2 Å². The number of nitriles is 2. The number of hydrogen-bond acceptors (Lipinski definition) is 3. The maximum Gasteiger partial charge on any atom is 0.129 e. The van der Waals surface area contributed by atoms with Gasteiger partial charge in [0.25, 0.3) is 0 Å². The van der Waals surface area contributed by atoms with Gasteiger partial charge in [-0.05, 0) is 30.2 Å². The minimum atomic E-state index is 0.120. The van der Waals surface area contributed by atoms with Crippen molar-refractivity contribution in [3.05, 3.63) is 47.9 Å². The standard InChI is InChI=1S/C15H17N3/c1-2-3-4-9-18-10-7-14(8-11-18)5-6-15(12-16)13-17/h5-8,10-11H,2-4,9H2,1H3. The number of hydrogen-bond donors (Lipinski definition) is 0.